The largest absolute Gasteiger partial charge is 0.497 e. The first-order chi connectivity index (χ1) is 9.81. The van der Waals surface area contributed by atoms with Crippen LogP contribution in [0.3, 0.4) is 0 Å². The zero-order chi connectivity index (χ0) is 13.9. The van der Waals surface area contributed by atoms with Crippen molar-refractivity contribution in [3.8, 4) is 11.5 Å². The maximum absolute atomic E-state index is 5.54. The second kappa shape index (κ2) is 5.92. The molecule has 0 N–H and O–H groups in total. The molecule has 0 spiro atoms. The molecule has 2 heterocycles. The molecule has 4 heteroatoms. The van der Waals surface area contributed by atoms with E-state index in [2.05, 4.69) is 15.9 Å². The van der Waals surface area contributed by atoms with Crippen LogP contribution in [0.4, 0.5) is 5.69 Å². The van der Waals surface area contributed by atoms with Crippen LogP contribution in [0, 0.1) is 0 Å². The molecule has 0 saturated carbocycles. The van der Waals surface area contributed by atoms with Gasteiger partial charge in [0.05, 0.1) is 19.9 Å². The molecule has 1 aromatic rings. The van der Waals surface area contributed by atoms with Gasteiger partial charge < -0.3 is 14.4 Å². The second-order valence-corrected chi connectivity index (χ2v) is 5.67. The molecule has 4 nitrogen and oxygen atoms in total. The number of hydrogen-bond donors (Lipinski definition) is 0. The molecule has 3 rings (SSSR count). The normalized spacial score (nSPS) is 23.3. The SMILES string of the molecule is COc1ccc(N2CCN3CCCCC3C2)c(OC)c1. The number of piperazine rings is 1. The van der Waals surface area contributed by atoms with Gasteiger partial charge in [0, 0.05) is 31.7 Å². The summed E-state index contributed by atoms with van der Waals surface area (Å²) < 4.78 is 10.8. The fraction of sp³-hybridized carbons (Fsp3) is 0.625. The van der Waals surface area contributed by atoms with Crippen molar-refractivity contribution >= 4 is 5.69 Å². The van der Waals surface area contributed by atoms with Crippen molar-refractivity contribution in [2.75, 3.05) is 45.3 Å². The average molecular weight is 276 g/mol. The van der Waals surface area contributed by atoms with Gasteiger partial charge in [0.1, 0.15) is 11.5 Å². The number of hydrogen-bond acceptors (Lipinski definition) is 4. The Labute approximate surface area is 121 Å². The van der Waals surface area contributed by atoms with Crippen LogP contribution < -0.4 is 14.4 Å². The van der Waals surface area contributed by atoms with Crippen LogP contribution in [0.5, 0.6) is 11.5 Å². The summed E-state index contributed by atoms with van der Waals surface area (Å²) in [4.78, 5) is 5.11. The van der Waals surface area contributed by atoms with Crippen molar-refractivity contribution in [2.24, 2.45) is 0 Å². The monoisotopic (exact) mass is 276 g/mol. The van der Waals surface area contributed by atoms with Crippen molar-refractivity contribution in [3.63, 3.8) is 0 Å². The summed E-state index contributed by atoms with van der Waals surface area (Å²) >= 11 is 0. The zero-order valence-electron chi connectivity index (χ0n) is 12.5. The number of fused-ring (bicyclic) bond motifs is 1. The lowest BCUT2D eigenvalue weighted by Gasteiger charge is -2.45. The van der Waals surface area contributed by atoms with Crippen LogP contribution in [-0.4, -0.2) is 51.3 Å². The summed E-state index contributed by atoms with van der Waals surface area (Å²) in [5.74, 6) is 1.76. The van der Waals surface area contributed by atoms with Crippen LogP contribution in [0.15, 0.2) is 18.2 Å². The van der Waals surface area contributed by atoms with Gasteiger partial charge in [-0.05, 0) is 31.5 Å². The number of benzene rings is 1. The van der Waals surface area contributed by atoms with E-state index in [4.69, 9.17) is 9.47 Å². The topological polar surface area (TPSA) is 24.9 Å². The van der Waals surface area contributed by atoms with Gasteiger partial charge in [0.15, 0.2) is 0 Å². The van der Waals surface area contributed by atoms with Crippen LogP contribution in [-0.2, 0) is 0 Å². The third-order valence-electron chi connectivity index (χ3n) is 4.56. The van der Waals surface area contributed by atoms with E-state index < -0.39 is 0 Å². The molecule has 0 bridgehead atoms. The molecule has 110 valence electrons. The van der Waals surface area contributed by atoms with Crippen LogP contribution in [0.25, 0.3) is 0 Å². The molecule has 2 aliphatic heterocycles. The molecule has 1 unspecified atom stereocenters. The lowest BCUT2D eigenvalue weighted by molar-refractivity contribution is 0.133. The summed E-state index contributed by atoms with van der Waals surface area (Å²) in [6.07, 6.45) is 4.06. The Hall–Kier alpha value is -1.42. The molecule has 2 fully saturated rings. The van der Waals surface area contributed by atoms with Crippen LogP contribution in [0.1, 0.15) is 19.3 Å². The van der Waals surface area contributed by atoms with E-state index in [0.29, 0.717) is 6.04 Å². The first-order valence-corrected chi connectivity index (χ1v) is 7.53. The highest BCUT2D eigenvalue weighted by molar-refractivity contribution is 5.61. The Bertz CT molecular complexity index is 464. The van der Waals surface area contributed by atoms with E-state index in [-0.39, 0.29) is 0 Å². The Morgan fingerprint density at radius 1 is 1.05 bits per heavy atom. The van der Waals surface area contributed by atoms with Gasteiger partial charge in [-0.1, -0.05) is 6.42 Å². The van der Waals surface area contributed by atoms with Crippen molar-refractivity contribution < 1.29 is 9.47 Å². The molecule has 20 heavy (non-hydrogen) atoms. The molecular weight excluding hydrogens is 252 g/mol. The number of rotatable bonds is 3. The molecule has 2 saturated heterocycles. The summed E-state index contributed by atoms with van der Waals surface area (Å²) in [6, 6.07) is 6.83. The molecule has 0 amide bonds. The van der Waals surface area contributed by atoms with Gasteiger partial charge >= 0.3 is 0 Å². The number of ether oxygens (including phenoxy) is 2. The highest BCUT2D eigenvalue weighted by atomic mass is 16.5. The summed E-state index contributed by atoms with van der Waals surface area (Å²) in [5.41, 5.74) is 1.19. The quantitative estimate of drug-likeness (QED) is 0.846. The Balaban J connectivity index is 1.79. The lowest BCUT2D eigenvalue weighted by Crippen LogP contribution is -2.54. The first-order valence-electron chi connectivity index (χ1n) is 7.53. The number of methoxy groups -OCH3 is 2. The van der Waals surface area contributed by atoms with E-state index in [1.807, 2.05) is 12.1 Å². The van der Waals surface area contributed by atoms with Crippen LogP contribution in [0.2, 0.25) is 0 Å². The Morgan fingerprint density at radius 2 is 1.95 bits per heavy atom. The third-order valence-corrected chi connectivity index (χ3v) is 4.56. The van der Waals surface area contributed by atoms with Gasteiger partial charge in [-0.25, -0.2) is 0 Å². The number of anilines is 1. The smallest absolute Gasteiger partial charge is 0.145 e. The van der Waals surface area contributed by atoms with Gasteiger partial charge in [-0.3, -0.25) is 4.90 Å². The van der Waals surface area contributed by atoms with E-state index in [0.717, 1.165) is 24.6 Å². The Kier molecular flexibility index (Phi) is 4.01. The van der Waals surface area contributed by atoms with E-state index >= 15 is 0 Å². The van der Waals surface area contributed by atoms with Crippen molar-refractivity contribution in [3.05, 3.63) is 18.2 Å². The predicted octanol–water partition coefficient (Wildman–Crippen LogP) is 2.38. The third kappa shape index (κ3) is 2.57. The first kappa shape index (κ1) is 13.6. The summed E-state index contributed by atoms with van der Waals surface area (Å²) in [6.45, 7) is 4.64. The highest BCUT2D eigenvalue weighted by Gasteiger charge is 2.29. The van der Waals surface area contributed by atoms with Crippen molar-refractivity contribution in [2.45, 2.75) is 25.3 Å². The molecule has 0 radical (unpaired) electrons. The fourth-order valence-electron chi connectivity index (χ4n) is 3.42. The lowest BCUT2D eigenvalue weighted by atomic mass is 9.99. The van der Waals surface area contributed by atoms with Crippen molar-refractivity contribution in [1.29, 1.82) is 0 Å². The fourth-order valence-corrected chi connectivity index (χ4v) is 3.42. The van der Waals surface area contributed by atoms with Gasteiger partial charge in [0.25, 0.3) is 0 Å². The van der Waals surface area contributed by atoms with E-state index in [9.17, 15) is 0 Å². The summed E-state index contributed by atoms with van der Waals surface area (Å²) in [7, 11) is 3.42. The molecule has 1 aromatic carbocycles. The number of piperidine rings is 1. The second-order valence-electron chi connectivity index (χ2n) is 5.67. The predicted molar refractivity (Wildman–Crippen MR) is 81.0 cm³/mol. The highest BCUT2D eigenvalue weighted by Crippen LogP contribution is 2.34. The minimum atomic E-state index is 0.712. The minimum Gasteiger partial charge on any atom is -0.497 e. The molecule has 0 aliphatic carbocycles. The zero-order valence-corrected chi connectivity index (χ0v) is 12.5. The molecular formula is C16H24N2O2. The molecule has 2 aliphatic rings. The molecule has 0 aromatic heterocycles. The summed E-state index contributed by atoms with van der Waals surface area (Å²) in [5, 5.41) is 0. The minimum absolute atomic E-state index is 0.712. The van der Waals surface area contributed by atoms with Gasteiger partial charge in [-0.2, -0.15) is 0 Å². The standard InChI is InChI=1S/C16H24N2O2/c1-19-14-6-7-15(16(11-14)20-2)18-10-9-17-8-4-3-5-13(17)12-18/h6-7,11,13H,3-5,8-10,12H2,1-2H3. The molecule has 1 atom stereocenters. The van der Waals surface area contributed by atoms with E-state index in [1.54, 1.807) is 14.2 Å². The van der Waals surface area contributed by atoms with Crippen LogP contribution >= 0.6 is 0 Å². The maximum Gasteiger partial charge on any atom is 0.145 e. The van der Waals surface area contributed by atoms with Crippen molar-refractivity contribution in [1.82, 2.24) is 4.90 Å². The maximum atomic E-state index is 5.54. The van der Waals surface area contributed by atoms with E-state index in [1.165, 1.54) is 38.0 Å². The number of nitrogens with zero attached hydrogens (tertiary/aromatic N) is 2. The average Bonchev–Trinajstić information content (AvgIpc) is 2.53. The van der Waals surface area contributed by atoms with Gasteiger partial charge in [0.2, 0.25) is 0 Å². The van der Waals surface area contributed by atoms with Gasteiger partial charge in [-0.15, -0.1) is 0 Å². The Morgan fingerprint density at radius 3 is 2.75 bits per heavy atom.